The Morgan fingerprint density at radius 3 is 2.68 bits per heavy atom. The number of alkyl halides is 3. The van der Waals surface area contributed by atoms with Crippen molar-refractivity contribution in [3.63, 3.8) is 0 Å². The number of nitrogens with one attached hydrogen (secondary N) is 2. The van der Waals surface area contributed by atoms with E-state index in [9.17, 15) is 18.0 Å². The maximum absolute atomic E-state index is 12.5. The minimum atomic E-state index is -4.57. The number of amides is 1. The maximum Gasteiger partial charge on any atom is 0.418 e. The first-order valence-corrected chi connectivity index (χ1v) is 5.56. The number of aliphatic hydroxyl groups is 1. The summed E-state index contributed by atoms with van der Waals surface area (Å²) >= 11 is 0. The van der Waals surface area contributed by atoms with Crippen molar-refractivity contribution < 1.29 is 23.1 Å². The van der Waals surface area contributed by atoms with Crippen molar-refractivity contribution in [3.8, 4) is 0 Å². The molecule has 8 heteroatoms. The van der Waals surface area contributed by atoms with Crippen LogP contribution in [0.4, 0.5) is 19.0 Å². The van der Waals surface area contributed by atoms with Crippen LogP contribution in [0.25, 0.3) is 0 Å². The van der Waals surface area contributed by atoms with E-state index in [1.54, 1.807) is 6.92 Å². The Balaban J connectivity index is 2.80. The zero-order valence-electron chi connectivity index (χ0n) is 10.2. The number of pyridine rings is 1. The van der Waals surface area contributed by atoms with Crippen molar-refractivity contribution in [2.45, 2.75) is 19.7 Å². The van der Waals surface area contributed by atoms with Gasteiger partial charge in [0.2, 0.25) is 5.91 Å². The number of hydrogen-bond acceptors (Lipinski definition) is 4. The van der Waals surface area contributed by atoms with Gasteiger partial charge in [0.25, 0.3) is 0 Å². The highest BCUT2D eigenvalue weighted by molar-refractivity contribution is 5.80. The molecule has 0 saturated heterocycles. The Hall–Kier alpha value is -1.83. The average molecular weight is 277 g/mol. The van der Waals surface area contributed by atoms with Gasteiger partial charge in [-0.25, -0.2) is 4.98 Å². The van der Waals surface area contributed by atoms with E-state index >= 15 is 0 Å². The Bertz CT molecular complexity index is 449. The Morgan fingerprint density at radius 2 is 2.16 bits per heavy atom. The molecule has 0 aliphatic rings. The minimum Gasteiger partial charge on any atom is -0.392 e. The number of aromatic nitrogens is 1. The second kappa shape index (κ2) is 6.37. The van der Waals surface area contributed by atoms with Crippen molar-refractivity contribution in [2.75, 3.05) is 18.4 Å². The highest BCUT2D eigenvalue weighted by atomic mass is 19.4. The lowest BCUT2D eigenvalue weighted by Gasteiger charge is -2.12. The van der Waals surface area contributed by atoms with Crippen LogP contribution in [0.5, 0.6) is 0 Å². The lowest BCUT2D eigenvalue weighted by atomic mass is 10.1. The monoisotopic (exact) mass is 277 g/mol. The summed E-state index contributed by atoms with van der Waals surface area (Å²) in [6, 6.07) is 1.07. The summed E-state index contributed by atoms with van der Waals surface area (Å²) in [5.74, 6) is -0.196. The highest BCUT2D eigenvalue weighted by Gasteiger charge is 2.33. The molecule has 5 nitrogen and oxygen atoms in total. The lowest BCUT2D eigenvalue weighted by molar-refractivity contribution is -0.138. The van der Waals surface area contributed by atoms with Crippen molar-refractivity contribution >= 4 is 11.7 Å². The predicted molar refractivity (Wildman–Crippen MR) is 62.3 cm³/mol. The number of hydrogen-bond donors (Lipinski definition) is 3. The number of carbonyl (C=O) groups is 1. The van der Waals surface area contributed by atoms with Crippen LogP contribution in [0.3, 0.4) is 0 Å². The van der Waals surface area contributed by atoms with Crippen LogP contribution in [0.2, 0.25) is 0 Å². The summed E-state index contributed by atoms with van der Waals surface area (Å²) in [6.07, 6.45) is -3.94. The summed E-state index contributed by atoms with van der Waals surface area (Å²) in [7, 11) is 0. The van der Waals surface area contributed by atoms with Crippen molar-refractivity contribution in [1.82, 2.24) is 10.3 Å². The van der Waals surface area contributed by atoms with Crippen molar-refractivity contribution in [2.24, 2.45) is 0 Å². The van der Waals surface area contributed by atoms with E-state index in [0.29, 0.717) is 12.7 Å². The second-order valence-electron chi connectivity index (χ2n) is 3.69. The van der Waals surface area contributed by atoms with Gasteiger partial charge < -0.3 is 15.7 Å². The van der Waals surface area contributed by atoms with E-state index in [4.69, 9.17) is 5.11 Å². The molecule has 1 amide bonds. The first-order valence-electron chi connectivity index (χ1n) is 5.56. The normalized spacial score (nSPS) is 11.2. The molecule has 0 aliphatic heterocycles. The third-order valence-corrected chi connectivity index (χ3v) is 2.27. The Morgan fingerprint density at radius 1 is 1.47 bits per heavy atom. The van der Waals surface area contributed by atoms with Crippen LogP contribution in [-0.4, -0.2) is 29.1 Å². The molecule has 3 N–H and O–H groups in total. The standard InChI is InChI=1S/C11H14F3N3O2/c1-2-15-10(19)5-17-9-3-7(6-18)8(4-16-9)11(12,13)14/h3-4,18H,2,5-6H2,1H3,(H,15,19)(H,16,17). The number of likely N-dealkylation sites (N-methyl/N-ethyl adjacent to an activating group) is 1. The zero-order chi connectivity index (χ0) is 14.5. The van der Waals surface area contributed by atoms with Gasteiger partial charge in [-0.3, -0.25) is 4.79 Å². The fourth-order valence-electron chi connectivity index (χ4n) is 1.41. The summed E-state index contributed by atoms with van der Waals surface area (Å²) in [5.41, 5.74) is -1.28. The number of anilines is 1. The van der Waals surface area contributed by atoms with Gasteiger partial charge in [-0.05, 0) is 18.6 Å². The van der Waals surface area contributed by atoms with Crippen LogP contribution < -0.4 is 10.6 Å². The summed E-state index contributed by atoms with van der Waals surface area (Å²) in [6.45, 7) is 1.35. The van der Waals surface area contributed by atoms with Crippen molar-refractivity contribution in [3.05, 3.63) is 23.4 Å². The quantitative estimate of drug-likeness (QED) is 0.754. The third-order valence-electron chi connectivity index (χ3n) is 2.27. The molecule has 1 rings (SSSR count). The first-order chi connectivity index (χ1) is 8.88. The van der Waals surface area contributed by atoms with Crippen LogP contribution in [0.1, 0.15) is 18.1 Å². The van der Waals surface area contributed by atoms with Gasteiger partial charge in [-0.2, -0.15) is 13.2 Å². The fourth-order valence-corrected chi connectivity index (χ4v) is 1.41. The zero-order valence-corrected chi connectivity index (χ0v) is 10.2. The minimum absolute atomic E-state index is 0.100. The molecule has 0 saturated carbocycles. The van der Waals surface area contributed by atoms with Crippen LogP contribution in [-0.2, 0) is 17.6 Å². The smallest absolute Gasteiger partial charge is 0.392 e. The van der Waals surface area contributed by atoms with Gasteiger partial charge in [0.15, 0.2) is 0 Å². The molecule has 1 aromatic rings. The van der Waals surface area contributed by atoms with Gasteiger partial charge in [-0.1, -0.05) is 0 Å². The number of rotatable bonds is 5. The predicted octanol–water partition coefficient (Wildman–Crippen LogP) is 1.14. The molecule has 0 aliphatic carbocycles. The van der Waals surface area contributed by atoms with E-state index < -0.39 is 18.3 Å². The number of nitrogens with zero attached hydrogens (tertiary/aromatic N) is 1. The molecule has 1 heterocycles. The molecule has 0 fully saturated rings. The lowest BCUT2D eigenvalue weighted by Crippen LogP contribution is -2.29. The molecule has 0 radical (unpaired) electrons. The molecule has 0 atom stereocenters. The van der Waals surface area contributed by atoms with E-state index in [2.05, 4.69) is 15.6 Å². The highest BCUT2D eigenvalue weighted by Crippen LogP contribution is 2.32. The summed E-state index contributed by atoms with van der Waals surface area (Å²) in [5, 5.41) is 14.0. The van der Waals surface area contributed by atoms with E-state index in [-0.39, 0.29) is 23.8 Å². The average Bonchev–Trinajstić information content (AvgIpc) is 2.35. The third kappa shape index (κ3) is 4.40. The van der Waals surface area contributed by atoms with Gasteiger partial charge in [0, 0.05) is 12.7 Å². The van der Waals surface area contributed by atoms with Crippen LogP contribution >= 0.6 is 0 Å². The number of carbonyl (C=O) groups excluding carboxylic acids is 1. The molecule has 106 valence electrons. The van der Waals surface area contributed by atoms with E-state index in [1.165, 1.54) is 0 Å². The molecule has 0 aromatic carbocycles. The van der Waals surface area contributed by atoms with Crippen molar-refractivity contribution in [1.29, 1.82) is 0 Å². The maximum atomic E-state index is 12.5. The number of aliphatic hydroxyl groups excluding tert-OH is 1. The number of halogens is 3. The van der Waals surface area contributed by atoms with Gasteiger partial charge in [0.05, 0.1) is 18.7 Å². The molecular weight excluding hydrogens is 263 g/mol. The molecule has 19 heavy (non-hydrogen) atoms. The molecule has 1 aromatic heterocycles. The van der Waals surface area contributed by atoms with Crippen LogP contribution in [0.15, 0.2) is 12.3 Å². The second-order valence-corrected chi connectivity index (χ2v) is 3.69. The summed E-state index contributed by atoms with van der Waals surface area (Å²) < 4.78 is 37.6. The van der Waals surface area contributed by atoms with Gasteiger partial charge >= 0.3 is 6.18 Å². The van der Waals surface area contributed by atoms with Gasteiger partial charge in [-0.15, -0.1) is 0 Å². The Kier molecular flexibility index (Phi) is 5.11. The Labute approximate surface area is 107 Å². The fraction of sp³-hybridized carbons (Fsp3) is 0.455. The first kappa shape index (κ1) is 15.2. The van der Waals surface area contributed by atoms with Crippen LogP contribution in [0, 0.1) is 0 Å². The van der Waals surface area contributed by atoms with E-state index in [0.717, 1.165) is 6.07 Å². The molecule has 0 bridgehead atoms. The SMILES string of the molecule is CCNC(=O)CNc1cc(CO)c(C(F)(F)F)cn1. The largest absolute Gasteiger partial charge is 0.418 e. The van der Waals surface area contributed by atoms with E-state index in [1.807, 2.05) is 0 Å². The molecule has 0 spiro atoms. The molecule has 0 unspecified atom stereocenters. The topological polar surface area (TPSA) is 74.2 Å². The van der Waals surface area contributed by atoms with Gasteiger partial charge in [0.1, 0.15) is 5.82 Å². The molecular formula is C11H14F3N3O2. The summed E-state index contributed by atoms with van der Waals surface area (Å²) in [4.78, 5) is 14.7.